The fourth-order valence-corrected chi connectivity index (χ4v) is 2.80. The molecule has 29 heavy (non-hydrogen) atoms. The van der Waals surface area contributed by atoms with Crippen LogP contribution in [-0.4, -0.2) is 38.5 Å². The van der Waals surface area contributed by atoms with Gasteiger partial charge in [-0.2, -0.15) is 0 Å². The summed E-state index contributed by atoms with van der Waals surface area (Å²) in [6, 6.07) is 4.96. The number of nitrogens with zero attached hydrogens (tertiary/aromatic N) is 3. The van der Waals surface area contributed by atoms with E-state index in [0.717, 1.165) is 18.4 Å². The van der Waals surface area contributed by atoms with Crippen LogP contribution in [0.4, 0.5) is 4.79 Å². The van der Waals surface area contributed by atoms with Gasteiger partial charge in [-0.1, -0.05) is 0 Å². The van der Waals surface area contributed by atoms with Gasteiger partial charge >= 0.3 is 12.1 Å². The van der Waals surface area contributed by atoms with E-state index < -0.39 is 17.7 Å². The van der Waals surface area contributed by atoms with Gasteiger partial charge in [0.05, 0.1) is 18.7 Å². The molecule has 156 valence electrons. The largest absolute Gasteiger partial charge is 0.493 e. The van der Waals surface area contributed by atoms with Gasteiger partial charge in [0, 0.05) is 19.4 Å². The van der Waals surface area contributed by atoms with Crippen LogP contribution in [0.15, 0.2) is 35.6 Å². The predicted octanol–water partition coefficient (Wildman–Crippen LogP) is 3.20. The van der Waals surface area contributed by atoms with Gasteiger partial charge in [0.25, 0.3) is 0 Å². The number of aromatic nitrogens is 2. The summed E-state index contributed by atoms with van der Waals surface area (Å²) in [7, 11) is 1.78. The molecule has 1 amide bonds. The first-order valence-electron chi connectivity index (χ1n) is 9.60. The molecular weight excluding hydrogens is 374 g/mol. The maximum absolute atomic E-state index is 12.1. The number of hydrogen-bond acceptors (Lipinski definition) is 4. The lowest BCUT2D eigenvalue weighted by Gasteiger charge is -2.17. The zero-order valence-corrected chi connectivity index (χ0v) is 17.2. The number of hydrogen-bond donors (Lipinski definition) is 1. The van der Waals surface area contributed by atoms with Crippen molar-refractivity contribution in [1.82, 2.24) is 9.13 Å². The minimum atomic E-state index is -1.01. The molecule has 1 N–H and O–H groups in total. The second kappa shape index (κ2) is 8.14. The summed E-state index contributed by atoms with van der Waals surface area (Å²) in [6.07, 6.45) is 5.18. The lowest BCUT2D eigenvalue weighted by molar-refractivity contribution is 0.0592. The van der Waals surface area contributed by atoms with Crippen LogP contribution in [0.2, 0.25) is 0 Å². The predicted molar refractivity (Wildman–Crippen MR) is 106 cm³/mol. The van der Waals surface area contributed by atoms with Crippen molar-refractivity contribution in [2.24, 2.45) is 18.0 Å². The molecule has 8 heteroatoms. The molecule has 8 nitrogen and oxygen atoms in total. The van der Waals surface area contributed by atoms with Crippen LogP contribution >= 0.6 is 0 Å². The minimum Gasteiger partial charge on any atom is -0.493 e. The minimum absolute atomic E-state index is 0.162. The molecule has 2 aromatic rings. The number of carboxylic acid groups (broad SMARTS) is 1. The maximum atomic E-state index is 12.1. The first kappa shape index (κ1) is 20.7. The highest BCUT2D eigenvalue weighted by Gasteiger charge is 2.22. The Morgan fingerprint density at radius 3 is 2.55 bits per heavy atom. The number of amides is 1. The zero-order valence-electron chi connectivity index (χ0n) is 17.2. The van der Waals surface area contributed by atoms with Crippen molar-refractivity contribution in [3.8, 4) is 5.75 Å². The van der Waals surface area contributed by atoms with Crippen molar-refractivity contribution in [3.63, 3.8) is 0 Å². The number of benzene rings is 1. The molecule has 1 heterocycles. The van der Waals surface area contributed by atoms with Crippen LogP contribution in [0.25, 0.3) is 0 Å². The quantitative estimate of drug-likeness (QED) is 0.802. The molecule has 3 rings (SSSR count). The van der Waals surface area contributed by atoms with E-state index >= 15 is 0 Å². The molecule has 1 fully saturated rings. The molecule has 0 aliphatic heterocycles. The first-order chi connectivity index (χ1) is 13.6. The Bertz CT molecular complexity index is 977. The van der Waals surface area contributed by atoms with Crippen LogP contribution in [0.1, 0.15) is 49.5 Å². The van der Waals surface area contributed by atoms with Crippen LogP contribution < -0.4 is 10.4 Å². The number of ether oxygens (including phenoxy) is 2. The van der Waals surface area contributed by atoms with Crippen LogP contribution in [-0.2, 0) is 18.3 Å². The number of aromatic carboxylic acids is 1. The lowest BCUT2D eigenvalue weighted by atomic mass is 10.1. The Morgan fingerprint density at radius 2 is 1.93 bits per heavy atom. The third kappa shape index (κ3) is 5.97. The number of aryl methyl sites for hydroxylation is 1. The van der Waals surface area contributed by atoms with Crippen molar-refractivity contribution >= 4 is 12.1 Å². The molecule has 0 radical (unpaired) electrons. The number of rotatable bonds is 6. The molecule has 0 bridgehead atoms. The summed E-state index contributed by atoms with van der Waals surface area (Å²) in [4.78, 5) is 27.7. The van der Waals surface area contributed by atoms with Crippen molar-refractivity contribution in [2.75, 3.05) is 6.61 Å². The summed E-state index contributed by atoms with van der Waals surface area (Å²) in [5.74, 6) is 0.0866. The van der Waals surface area contributed by atoms with E-state index in [1.165, 1.54) is 6.07 Å². The summed E-state index contributed by atoms with van der Waals surface area (Å²) >= 11 is 0. The number of carboxylic acids is 1. The molecule has 0 atom stereocenters. The highest BCUT2D eigenvalue weighted by molar-refractivity contribution is 5.88. The molecule has 0 unspecified atom stereocenters. The summed E-state index contributed by atoms with van der Waals surface area (Å²) in [6.45, 7) is 6.27. The number of carbonyl (C=O) groups excluding carboxylic acids is 1. The molecule has 1 aromatic carbocycles. The Balaban J connectivity index is 1.87. The fraction of sp³-hybridized carbons (Fsp3) is 0.476. The molecule has 0 spiro atoms. The van der Waals surface area contributed by atoms with Gasteiger partial charge in [0.1, 0.15) is 11.4 Å². The monoisotopic (exact) mass is 401 g/mol. The Morgan fingerprint density at radius 1 is 1.21 bits per heavy atom. The van der Waals surface area contributed by atoms with Gasteiger partial charge in [-0.3, -0.25) is 0 Å². The molecule has 1 aliphatic carbocycles. The molecule has 1 saturated carbocycles. The summed E-state index contributed by atoms with van der Waals surface area (Å²) in [5.41, 5.74) is 0.670. The summed E-state index contributed by atoms with van der Waals surface area (Å²) in [5, 5.41) is 9.43. The molecule has 1 aliphatic rings. The van der Waals surface area contributed by atoms with Crippen molar-refractivity contribution < 1.29 is 24.2 Å². The standard InChI is InChI=1S/C21H27N3O5/c1-21(2,3)29-20(27)22-19-23(4)7-8-24(19)12-15-9-16(18(25)26)11-17(10-15)28-13-14-5-6-14/h7-11,14H,5-6,12-13H2,1-4H3,(H,25,26)/b22-19+. The molecule has 0 saturated heterocycles. The SMILES string of the molecule is Cn1ccn(Cc2cc(OCC3CC3)cc(C(=O)O)c2)/c1=N/C(=O)OC(C)(C)C. The average molecular weight is 401 g/mol. The van der Waals surface area contributed by atoms with E-state index in [0.29, 0.717) is 30.4 Å². The van der Waals surface area contributed by atoms with Gasteiger partial charge in [-0.25, -0.2) is 9.59 Å². The van der Waals surface area contributed by atoms with E-state index in [2.05, 4.69) is 4.99 Å². The highest BCUT2D eigenvalue weighted by Crippen LogP contribution is 2.30. The lowest BCUT2D eigenvalue weighted by Crippen LogP contribution is -2.29. The van der Waals surface area contributed by atoms with E-state index in [9.17, 15) is 14.7 Å². The normalized spacial score (nSPS) is 14.7. The second-order valence-corrected chi connectivity index (χ2v) is 8.35. The van der Waals surface area contributed by atoms with Gasteiger partial charge in [-0.05, 0) is 63.3 Å². The smallest absolute Gasteiger partial charge is 0.437 e. The third-order valence-corrected chi connectivity index (χ3v) is 4.38. The van der Waals surface area contributed by atoms with E-state index in [-0.39, 0.29) is 5.56 Å². The highest BCUT2D eigenvalue weighted by atomic mass is 16.6. The molecular formula is C21H27N3O5. The topological polar surface area (TPSA) is 95.0 Å². The average Bonchev–Trinajstić information content (AvgIpc) is 3.38. The van der Waals surface area contributed by atoms with Gasteiger partial charge in [0.15, 0.2) is 0 Å². The Kier molecular flexibility index (Phi) is 5.81. The van der Waals surface area contributed by atoms with E-state index in [1.54, 1.807) is 55.4 Å². The number of imidazole rings is 1. The Hall–Kier alpha value is -3.03. The van der Waals surface area contributed by atoms with Crippen LogP contribution in [0, 0.1) is 5.92 Å². The van der Waals surface area contributed by atoms with Crippen LogP contribution in [0.3, 0.4) is 0 Å². The fourth-order valence-electron chi connectivity index (χ4n) is 2.80. The number of carbonyl (C=O) groups is 2. The van der Waals surface area contributed by atoms with Gasteiger partial charge in [-0.15, -0.1) is 4.99 Å². The first-order valence-corrected chi connectivity index (χ1v) is 9.60. The van der Waals surface area contributed by atoms with Gasteiger partial charge < -0.3 is 23.7 Å². The van der Waals surface area contributed by atoms with Crippen molar-refractivity contribution in [2.45, 2.75) is 45.8 Å². The zero-order chi connectivity index (χ0) is 21.2. The third-order valence-electron chi connectivity index (χ3n) is 4.38. The second-order valence-electron chi connectivity index (χ2n) is 8.35. The maximum Gasteiger partial charge on any atom is 0.437 e. The van der Waals surface area contributed by atoms with Crippen LogP contribution in [0.5, 0.6) is 5.75 Å². The summed E-state index contributed by atoms with van der Waals surface area (Å²) < 4.78 is 14.5. The van der Waals surface area contributed by atoms with E-state index in [4.69, 9.17) is 9.47 Å². The van der Waals surface area contributed by atoms with Crippen molar-refractivity contribution in [3.05, 3.63) is 47.3 Å². The Labute approximate surface area is 169 Å². The van der Waals surface area contributed by atoms with Crippen molar-refractivity contribution in [1.29, 1.82) is 0 Å². The van der Waals surface area contributed by atoms with Gasteiger partial charge in [0.2, 0.25) is 5.62 Å². The molecule has 1 aromatic heterocycles. The van der Waals surface area contributed by atoms with E-state index in [1.807, 2.05) is 6.07 Å².